The number of pyridine rings is 1. The van der Waals surface area contributed by atoms with E-state index < -0.39 is 11.7 Å². The van der Waals surface area contributed by atoms with Crippen molar-refractivity contribution in [2.75, 3.05) is 5.32 Å². The summed E-state index contributed by atoms with van der Waals surface area (Å²) in [6.07, 6.45) is 1.52. The maximum atomic E-state index is 13.6. The first-order valence-electron chi connectivity index (χ1n) is 5.37. The van der Waals surface area contributed by atoms with E-state index in [4.69, 9.17) is 23.2 Å². The normalized spacial score (nSPS) is 10.3. The standard InChI is InChI=1S/C13H9Cl2FN2O/c1-7-5-6-17-12(15)11(7)18-13(19)10-8(14)3-2-4-9(10)16/h2-6H,1H3,(H,18,19). The second-order valence-electron chi connectivity index (χ2n) is 3.84. The summed E-state index contributed by atoms with van der Waals surface area (Å²) in [7, 11) is 0. The fourth-order valence-electron chi connectivity index (χ4n) is 1.57. The third-order valence-electron chi connectivity index (χ3n) is 2.54. The van der Waals surface area contributed by atoms with Crippen molar-refractivity contribution in [2.24, 2.45) is 0 Å². The van der Waals surface area contributed by atoms with E-state index in [1.165, 1.54) is 24.4 Å². The first-order chi connectivity index (χ1) is 9.00. The highest BCUT2D eigenvalue weighted by Crippen LogP contribution is 2.25. The van der Waals surface area contributed by atoms with Crippen molar-refractivity contribution in [1.29, 1.82) is 0 Å². The summed E-state index contributed by atoms with van der Waals surface area (Å²) >= 11 is 11.7. The van der Waals surface area contributed by atoms with Crippen molar-refractivity contribution in [3.05, 3.63) is 57.6 Å². The Balaban J connectivity index is 2.37. The number of nitrogens with zero attached hydrogens (tertiary/aromatic N) is 1. The van der Waals surface area contributed by atoms with E-state index in [1.807, 2.05) is 0 Å². The molecular weight excluding hydrogens is 290 g/mol. The summed E-state index contributed by atoms with van der Waals surface area (Å²) in [6.45, 7) is 1.76. The van der Waals surface area contributed by atoms with Crippen LogP contribution < -0.4 is 5.32 Å². The summed E-state index contributed by atoms with van der Waals surface area (Å²) < 4.78 is 13.6. The second kappa shape index (κ2) is 5.55. The van der Waals surface area contributed by atoms with Crippen LogP contribution in [0.4, 0.5) is 10.1 Å². The molecule has 3 nitrogen and oxygen atoms in total. The van der Waals surface area contributed by atoms with Crippen molar-refractivity contribution in [3.63, 3.8) is 0 Å². The molecule has 1 aromatic carbocycles. The fraction of sp³-hybridized carbons (Fsp3) is 0.0769. The zero-order valence-corrected chi connectivity index (χ0v) is 11.4. The molecule has 0 fully saturated rings. The summed E-state index contributed by atoms with van der Waals surface area (Å²) in [6, 6.07) is 5.72. The van der Waals surface area contributed by atoms with Crippen LogP contribution in [0.1, 0.15) is 15.9 Å². The third kappa shape index (κ3) is 2.85. The maximum absolute atomic E-state index is 13.6. The topological polar surface area (TPSA) is 42.0 Å². The molecule has 0 saturated carbocycles. The van der Waals surface area contributed by atoms with Gasteiger partial charge in [-0.1, -0.05) is 29.3 Å². The number of rotatable bonds is 2. The van der Waals surface area contributed by atoms with Gasteiger partial charge in [-0.3, -0.25) is 4.79 Å². The lowest BCUT2D eigenvalue weighted by molar-refractivity contribution is 0.102. The lowest BCUT2D eigenvalue weighted by Crippen LogP contribution is -2.15. The summed E-state index contributed by atoms with van der Waals surface area (Å²) in [5, 5.41) is 2.70. The fourth-order valence-corrected chi connectivity index (χ4v) is 2.07. The minimum absolute atomic E-state index is 0.0372. The number of anilines is 1. The van der Waals surface area contributed by atoms with Crippen LogP contribution in [0.2, 0.25) is 10.2 Å². The average Bonchev–Trinajstić information content (AvgIpc) is 2.34. The Morgan fingerprint density at radius 2 is 2.05 bits per heavy atom. The highest BCUT2D eigenvalue weighted by Gasteiger charge is 2.17. The van der Waals surface area contributed by atoms with Crippen molar-refractivity contribution in [3.8, 4) is 0 Å². The Morgan fingerprint density at radius 3 is 2.68 bits per heavy atom. The van der Waals surface area contributed by atoms with E-state index in [9.17, 15) is 9.18 Å². The molecule has 0 bridgehead atoms. The highest BCUT2D eigenvalue weighted by atomic mass is 35.5. The van der Waals surface area contributed by atoms with Gasteiger partial charge in [0.15, 0.2) is 5.15 Å². The van der Waals surface area contributed by atoms with Crippen LogP contribution in [0.25, 0.3) is 0 Å². The zero-order valence-electron chi connectivity index (χ0n) is 9.88. The van der Waals surface area contributed by atoms with E-state index >= 15 is 0 Å². The molecule has 2 rings (SSSR count). The van der Waals surface area contributed by atoms with Gasteiger partial charge in [0.1, 0.15) is 5.82 Å². The first-order valence-corrected chi connectivity index (χ1v) is 6.12. The molecule has 0 radical (unpaired) electrons. The molecule has 0 aliphatic heterocycles. The van der Waals surface area contributed by atoms with Gasteiger partial charge in [0.05, 0.1) is 16.3 Å². The first kappa shape index (κ1) is 13.8. The Labute approximate surface area is 119 Å². The van der Waals surface area contributed by atoms with E-state index in [0.717, 1.165) is 5.56 Å². The van der Waals surface area contributed by atoms with Gasteiger partial charge in [0.2, 0.25) is 0 Å². The molecule has 1 N–H and O–H groups in total. The minimum Gasteiger partial charge on any atom is -0.319 e. The smallest absolute Gasteiger partial charge is 0.260 e. The number of aryl methyl sites for hydroxylation is 1. The van der Waals surface area contributed by atoms with Crippen LogP contribution in [-0.4, -0.2) is 10.9 Å². The molecule has 0 saturated heterocycles. The molecule has 2 aromatic rings. The molecule has 0 aliphatic carbocycles. The van der Waals surface area contributed by atoms with E-state index in [0.29, 0.717) is 5.69 Å². The van der Waals surface area contributed by atoms with Crippen molar-refractivity contribution in [1.82, 2.24) is 4.98 Å². The Kier molecular flexibility index (Phi) is 4.02. The predicted molar refractivity (Wildman–Crippen MR) is 73.3 cm³/mol. The quantitative estimate of drug-likeness (QED) is 0.849. The zero-order chi connectivity index (χ0) is 14.0. The number of hydrogen-bond donors (Lipinski definition) is 1. The Hall–Kier alpha value is -1.65. The summed E-state index contributed by atoms with van der Waals surface area (Å²) in [5.74, 6) is -1.36. The number of aromatic nitrogens is 1. The van der Waals surface area contributed by atoms with Crippen molar-refractivity contribution in [2.45, 2.75) is 6.92 Å². The molecule has 0 unspecified atom stereocenters. The maximum Gasteiger partial charge on any atom is 0.260 e. The molecule has 0 spiro atoms. The van der Waals surface area contributed by atoms with Gasteiger partial charge >= 0.3 is 0 Å². The number of hydrogen-bond acceptors (Lipinski definition) is 2. The Bertz CT molecular complexity index is 606. The molecule has 0 atom stereocenters. The summed E-state index contributed by atoms with van der Waals surface area (Å²) in [4.78, 5) is 15.9. The van der Waals surface area contributed by atoms with Crippen molar-refractivity contribution >= 4 is 34.8 Å². The van der Waals surface area contributed by atoms with Crippen LogP contribution in [-0.2, 0) is 0 Å². The van der Waals surface area contributed by atoms with Gasteiger partial charge in [0, 0.05) is 6.20 Å². The molecule has 98 valence electrons. The number of carbonyl (C=O) groups is 1. The largest absolute Gasteiger partial charge is 0.319 e. The monoisotopic (exact) mass is 298 g/mol. The molecule has 19 heavy (non-hydrogen) atoms. The SMILES string of the molecule is Cc1ccnc(Cl)c1NC(=O)c1c(F)cccc1Cl. The number of halogens is 3. The molecule has 0 aliphatic rings. The van der Waals surface area contributed by atoms with Gasteiger partial charge in [-0.25, -0.2) is 9.37 Å². The van der Waals surface area contributed by atoms with Gasteiger partial charge in [-0.15, -0.1) is 0 Å². The molecular formula is C13H9Cl2FN2O. The van der Waals surface area contributed by atoms with Crippen molar-refractivity contribution < 1.29 is 9.18 Å². The van der Waals surface area contributed by atoms with Gasteiger partial charge in [-0.2, -0.15) is 0 Å². The van der Waals surface area contributed by atoms with Crippen LogP contribution >= 0.6 is 23.2 Å². The van der Waals surface area contributed by atoms with Crippen LogP contribution in [0.3, 0.4) is 0 Å². The predicted octanol–water partition coefficient (Wildman–Crippen LogP) is 4.09. The molecule has 1 aromatic heterocycles. The van der Waals surface area contributed by atoms with E-state index in [-0.39, 0.29) is 15.7 Å². The van der Waals surface area contributed by atoms with Crippen LogP contribution in [0.5, 0.6) is 0 Å². The van der Waals surface area contributed by atoms with E-state index in [2.05, 4.69) is 10.3 Å². The molecule has 1 amide bonds. The third-order valence-corrected chi connectivity index (χ3v) is 3.14. The molecule has 6 heteroatoms. The summed E-state index contributed by atoms with van der Waals surface area (Å²) in [5.41, 5.74) is 0.845. The van der Waals surface area contributed by atoms with E-state index in [1.54, 1.807) is 13.0 Å². The lowest BCUT2D eigenvalue weighted by atomic mass is 10.2. The van der Waals surface area contributed by atoms with Gasteiger partial charge in [-0.05, 0) is 30.7 Å². The molecule has 1 heterocycles. The second-order valence-corrected chi connectivity index (χ2v) is 4.61. The van der Waals surface area contributed by atoms with Crippen LogP contribution in [0, 0.1) is 12.7 Å². The average molecular weight is 299 g/mol. The number of amides is 1. The minimum atomic E-state index is -0.692. The lowest BCUT2D eigenvalue weighted by Gasteiger charge is -2.10. The number of nitrogens with one attached hydrogen (secondary N) is 1. The number of carbonyl (C=O) groups excluding carboxylic acids is 1. The Morgan fingerprint density at radius 1 is 1.32 bits per heavy atom. The van der Waals surface area contributed by atoms with Gasteiger partial charge in [0.25, 0.3) is 5.91 Å². The van der Waals surface area contributed by atoms with Crippen LogP contribution in [0.15, 0.2) is 30.5 Å². The number of benzene rings is 1. The van der Waals surface area contributed by atoms with Gasteiger partial charge < -0.3 is 5.32 Å². The highest BCUT2D eigenvalue weighted by molar-refractivity contribution is 6.35.